The molecule has 2 aliphatic rings. The number of benzene rings is 2. The molecule has 2 aromatic rings. The molecule has 0 radical (unpaired) electrons. The van der Waals surface area contributed by atoms with E-state index in [9.17, 15) is 22.8 Å². The van der Waals surface area contributed by atoms with Gasteiger partial charge in [-0.2, -0.15) is 13.2 Å². The second kappa shape index (κ2) is 7.45. The summed E-state index contributed by atoms with van der Waals surface area (Å²) in [5.41, 5.74) is -0.965. The first kappa shape index (κ1) is 21.0. The van der Waals surface area contributed by atoms with Crippen LogP contribution in [0.25, 0.3) is 0 Å². The summed E-state index contributed by atoms with van der Waals surface area (Å²) in [5, 5.41) is 3.69. The Bertz CT molecular complexity index is 1120. The van der Waals surface area contributed by atoms with Gasteiger partial charge in [0.25, 0.3) is 5.91 Å². The summed E-state index contributed by atoms with van der Waals surface area (Å²) in [7, 11) is 2.86. The van der Waals surface area contributed by atoms with Gasteiger partial charge in [-0.3, -0.25) is 9.59 Å². The Labute approximate surface area is 178 Å². The van der Waals surface area contributed by atoms with Gasteiger partial charge in [-0.25, -0.2) is 4.90 Å². The Balaban J connectivity index is 1.76. The number of oxime groups is 1. The third-order valence-corrected chi connectivity index (χ3v) is 5.33. The standard InChI is InChI=1S/C20H14ClF3N2O5/c1-29-10-4-6-14(30-2)11(8-10)16-15-17(31-25-16)19(28)26(18(15)27)13-7-9(20(22,23)24)3-5-12(13)21/h3-8,15,17H,1-2H3/t15-,17-/m0/s1. The second-order valence-corrected chi connectivity index (χ2v) is 7.13. The van der Waals surface area contributed by atoms with Gasteiger partial charge < -0.3 is 14.3 Å². The quantitative estimate of drug-likeness (QED) is 0.659. The van der Waals surface area contributed by atoms with E-state index >= 15 is 0 Å². The van der Waals surface area contributed by atoms with Crippen molar-refractivity contribution in [3.8, 4) is 11.5 Å². The largest absolute Gasteiger partial charge is 0.497 e. The number of fused-ring (bicyclic) bond motifs is 1. The lowest BCUT2D eigenvalue weighted by Crippen LogP contribution is -2.33. The molecule has 0 aromatic heterocycles. The Morgan fingerprint density at radius 2 is 1.81 bits per heavy atom. The molecule has 0 N–H and O–H groups in total. The number of ether oxygens (including phenoxy) is 2. The molecule has 2 atom stereocenters. The van der Waals surface area contributed by atoms with Crippen molar-refractivity contribution in [1.82, 2.24) is 0 Å². The SMILES string of the molecule is COc1ccc(OC)c(C2=NO[C@@H]3C(=O)N(c4cc(C(F)(F)F)ccc4Cl)C(=O)[C@@H]23)c1. The van der Waals surface area contributed by atoms with Crippen LogP contribution in [-0.4, -0.2) is 37.8 Å². The van der Waals surface area contributed by atoms with Crippen molar-refractivity contribution in [2.75, 3.05) is 19.1 Å². The van der Waals surface area contributed by atoms with E-state index in [0.29, 0.717) is 28.0 Å². The van der Waals surface area contributed by atoms with Crippen LogP contribution in [0.4, 0.5) is 18.9 Å². The molecule has 2 amide bonds. The lowest BCUT2D eigenvalue weighted by Gasteiger charge is -2.19. The molecule has 162 valence electrons. The number of halogens is 4. The fraction of sp³-hybridized carbons (Fsp3) is 0.250. The number of imide groups is 1. The molecule has 2 aromatic carbocycles. The molecule has 2 aliphatic heterocycles. The van der Waals surface area contributed by atoms with Gasteiger partial charge in [-0.15, -0.1) is 0 Å². The number of anilines is 1. The average molecular weight is 455 g/mol. The lowest BCUT2D eigenvalue weighted by molar-refractivity contribution is -0.137. The number of carbonyl (C=O) groups excluding carboxylic acids is 2. The van der Waals surface area contributed by atoms with Crippen LogP contribution in [0.1, 0.15) is 11.1 Å². The predicted molar refractivity (Wildman–Crippen MR) is 103 cm³/mol. The van der Waals surface area contributed by atoms with E-state index in [0.717, 1.165) is 12.1 Å². The average Bonchev–Trinajstić information content (AvgIpc) is 3.27. The zero-order chi connectivity index (χ0) is 22.5. The van der Waals surface area contributed by atoms with E-state index in [1.165, 1.54) is 14.2 Å². The number of hydrogen-bond acceptors (Lipinski definition) is 6. The maximum Gasteiger partial charge on any atom is 0.416 e. The molecular weight excluding hydrogens is 441 g/mol. The zero-order valence-electron chi connectivity index (χ0n) is 16.1. The number of nitrogens with zero attached hydrogens (tertiary/aromatic N) is 2. The third kappa shape index (κ3) is 3.36. The van der Waals surface area contributed by atoms with Crippen LogP contribution in [0.5, 0.6) is 11.5 Å². The van der Waals surface area contributed by atoms with Gasteiger partial charge in [0.15, 0.2) is 0 Å². The van der Waals surface area contributed by atoms with Crippen molar-refractivity contribution in [3.05, 3.63) is 52.5 Å². The lowest BCUT2D eigenvalue weighted by atomic mass is 9.93. The highest BCUT2D eigenvalue weighted by Crippen LogP contribution is 2.41. The van der Waals surface area contributed by atoms with Crippen LogP contribution in [0.3, 0.4) is 0 Å². The minimum Gasteiger partial charge on any atom is -0.497 e. The van der Waals surface area contributed by atoms with E-state index < -0.39 is 35.6 Å². The Hall–Kier alpha value is -3.27. The van der Waals surface area contributed by atoms with Gasteiger partial charge in [0, 0.05) is 5.56 Å². The van der Waals surface area contributed by atoms with Crippen LogP contribution < -0.4 is 14.4 Å². The van der Waals surface area contributed by atoms with Gasteiger partial charge in [0.05, 0.1) is 30.5 Å². The highest BCUT2D eigenvalue weighted by molar-refractivity contribution is 6.38. The number of hydrogen-bond donors (Lipinski definition) is 0. The van der Waals surface area contributed by atoms with Crippen LogP contribution in [0.15, 0.2) is 41.6 Å². The molecule has 0 unspecified atom stereocenters. The first-order valence-corrected chi connectivity index (χ1v) is 9.26. The van der Waals surface area contributed by atoms with Gasteiger partial charge in [0.1, 0.15) is 23.1 Å². The number of methoxy groups -OCH3 is 2. The van der Waals surface area contributed by atoms with Crippen LogP contribution in [0.2, 0.25) is 5.02 Å². The molecule has 0 bridgehead atoms. The van der Waals surface area contributed by atoms with Gasteiger partial charge in [-0.05, 0) is 36.4 Å². The van der Waals surface area contributed by atoms with Crippen molar-refractivity contribution in [2.45, 2.75) is 12.3 Å². The van der Waals surface area contributed by atoms with E-state index in [1.807, 2.05) is 0 Å². The smallest absolute Gasteiger partial charge is 0.416 e. The highest BCUT2D eigenvalue weighted by atomic mass is 35.5. The number of alkyl halides is 3. The summed E-state index contributed by atoms with van der Waals surface area (Å²) in [4.78, 5) is 31.9. The van der Waals surface area contributed by atoms with E-state index in [4.69, 9.17) is 25.9 Å². The number of carbonyl (C=O) groups is 2. The normalized spacial score (nSPS) is 20.5. The molecule has 4 rings (SSSR count). The highest BCUT2D eigenvalue weighted by Gasteiger charge is 2.57. The maximum atomic E-state index is 13.2. The molecule has 11 heteroatoms. The third-order valence-electron chi connectivity index (χ3n) is 5.01. The fourth-order valence-corrected chi connectivity index (χ4v) is 3.71. The van der Waals surface area contributed by atoms with Crippen LogP contribution in [0, 0.1) is 5.92 Å². The molecule has 1 fully saturated rings. The Morgan fingerprint density at radius 3 is 2.45 bits per heavy atom. The molecular formula is C20H14ClF3N2O5. The summed E-state index contributed by atoms with van der Waals surface area (Å²) in [5.74, 6) is -2.07. The summed E-state index contributed by atoms with van der Waals surface area (Å²) in [6.45, 7) is 0. The van der Waals surface area contributed by atoms with Crippen LogP contribution in [-0.2, 0) is 20.6 Å². The van der Waals surface area contributed by atoms with E-state index in [2.05, 4.69) is 5.16 Å². The molecule has 0 spiro atoms. The Kier molecular flexibility index (Phi) is 5.04. The van der Waals surface area contributed by atoms with Crippen molar-refractivity contribution in [1.29, 1.82) is 0 Å². The van der Waals surface area contributed by atoms with Crippen molar-refractivity contribution >= 4 is 34.8 Å². The molecule has 1 saturated heterocycles. The Morgan fingerprint density at radius 1 is 1.06 bits per heavy atom. The fourth-order valence-electron chi connectivity index (χ4n) is 3.51. The van der Waals surface area contributed by atoms with E-state index in [1.54, 1.807) is 18.2 Å². The second-order valence-electron chi connectivity index (χ2n) is 6.72. The molecule has 0 saturated carbocycles. The van der Waals surface area contributed by atoms with Crippen LogP contribution >= 0.6 is 11.6 Å². The van der Waals surface area contributed by atoms with Gasteiger partial charge in [0.2, 0.25) is 12.0 Å². The molecule has 31 heavy (non-hydrogen) atoms. The summed E-state index contributed by atoms with van der Waals surface area (Å²) in [6.07, 6.45) is -6.01. The topological polar surface area (TPSA) is 77.4 Å². The first-order chi connectivity index (χ1) is 14.7. The van der Waals surface area contributed by atoms with Crippen molar-refractivity contribution in [2.24, 2.45) is 11.1 Å². The molecule has 7 nitrogen and oxygen atoms in total. The van der Waals surface area contributed by atoms with E-state index in [-0.39, 0.29) is 16.4 Å². The summed E-state index contributed by atoms with van der Waals surface area (Å²) in [6, 6.07) is 7.18. The molecule has 0 aliphatic carbocycles. The monoisotopic (exact) mass is 454 g/mol. The molecule has 2 heterocycles. The van der Waals surface area contributed by atoms with Crippen molar-refractivity contribution < 1.29 is 37.1 Å². The van der Waals surface area contributed by atoms with Gasteiger partial charge >= 0.3 is 6.18 Å². The minimum atomic E-state index is -4.68. The first-order valence-electron chi connectivity index (χ1n) is 8.88. The number of rotatable bonds is 4. The zero-order valence-corrected chi connectivity index (χ0v) is 16.8. The number of amides is 2. The predicted octanol–water partition coefficient (Wildman–Crippen LogP) is 3.67. The minimum absolute atomic E-state index is 0.102. The summed E-state index contributed by atoms with van der Waals surface area (Å²) >= 11 is 6.03. The van der Waals surface area contributed by atoms with Crippen molar-refractivity contribution in [3.63, 3.8) is 0 Å². The maximum absolute atomic E-state index is 13.2. The van der Waals surface area contributed by atoms with Gasteiger partial charge in [-0.1, -0.05) is 16.8 Å². The summed E-state index contributed by atoms with van der Waals surface area (Å²) < 4.78 is 49.9.